The van der Waals surface area contributed by atoms with E-state index in [9.17, 15) is 14.7 Å². The Bertz CT molecular complexity index is 894. The molecule has 3 atom stereocenters. The quantitative estimate of drug-likeness (QED) is 0.279. The molecule has 1 aliphatic heterocycles. The summed E-state index contributed by atoms with van der Waals surface area (Å²) in [7, 11) is 0. The normalized spacial score (nSPS) is 15.2. The van der Waals surface area contributed by atoms with Gasteiger partial charge in [0.15, 0.2) is 6.10 Å². The van der Waals surface area contributed by atoms with Crippen LogP contribution >= 0.6 is 0 Å². The van der Waals surface area contributed by atoms with Crippen molar-refractivity contribution in [2.24, 2.45) is 5.84 Å². The minimum Gasteiger partial charge on any atom is -0.390 e. The molecule has 1 unspecified atom stereocenters. The molecule has 2 amide bonds. The summed E-state index contributed by atoms with van der Waals surface area (Å²) >= 11 is 0. The first kappa shape index (κ1) is 24.9. The number of anilines is 1. The molecule has 172 valence electrons. The van der Waals surface area contributed by atoms with E-state index in [0.29, 0.717) is 19.5 Å². The predicted octanol–water partition coefficient (Wildman–Crippen LogP) is 0.768. The van der Waals surface area contributed by atoms with E-state index in [2.05, 4.69) is 15.3 Å². The van der Waals surface area contributed by atoms with Gasteiger partial charge in [0.05, 0.1) is 42.3 Å². The molecule has 10 nitrogen and oxygen atoms in total. The predicted molar refractivity (Wildman–Crippen MR) is 120 cm³/mol. The number of fused-ring (bicyclic) bond motifs is 1. The maximum Gasteiger partial charge on any atom is 0.254 e. The van der Waals surface area contributed by atoms with Gasteiger partial charge < -0.3 is 20.4 Å². The smallest absolute Gasteiger partial charge is 0.254 e. The van der Waals surface area contributed by atoms with Gasteiger partial charge in [-0.3, -0.25) is 24.6 Å². The summed E-state index contributed by atoms with van der Waals surface area (Å²) in [5.74, 6) is 5.27. The largest absolute Gasteiger partial charge is 0.390 e. The monoisotopic (exact) mass is 442 g/mol. The fourth-order valence-corrected chi connectivity index (χ4v) is 3.01. The molecule has 1 aromatic heterocycles. The van der Waals surface area contributed by atoms with Gasteiger partial charge in [0, 0.05) is 18.6 Å². The van der Waals surface area contributed by atoms with Crippen LogP contribution in [0, 0.1) is 0 Å². The SMILES string of the molecule is C/C=C\N(N)c1ccc([C@@H](C)NC=O)cc1.CC(O)[C@@H](O)C(=O)N1Cc2nccnc2C1. The molecule has 2 heterocycles. The number of hydrazine groups is 1. The molecular weight excluding hydrogens is 412 g/mol. The van der Waals surface area contributed by atoms with Crippen LogP contribution in [0.25, 0.3) is 0 Å². The minimum absolute atomic E-state index is 0.0134. The number of carbonyl (C=O) groups excluding carboxylic acids is 2. The molecule has 0 fully saturated rings. The number of hydrogen-bond acceptors (Lipinski definition) is 8. The second-order valence-electron chi connectivity index (χ2n) is 7.32. The first-order valence-electron chi connectivity index (χ1n) is 10.2. The van der Waals surface area contributed by atoms with E-state index in [1.54, 1.807) is 23.6 Å². The summed E-state index contributed by atoms with van der Waals surface area (Å²) in [4.78, 5) is 31.6. The Labute approximate surface area is 187 Å². The van der Waals surface area contributed by atoms with Crippen LogP contribution in [0.1, 0.15) is 43.8 Å². The zero-order valence-electron chi connectivity index (χ0n) is 18.4. The molecule has 0 bridgehead atoms. The minimum atomic E-state index is -1.38. The van der Waals surface area contributed by atoms with E-state index in [1.165, 1.54) is 11.8 Å². The lowest BCUT2D eigenvalue weighted by atomic mass is 10.1. The van der Waals surface area contributed by atoms with E-state index in [0.717, 1.165) is 22.6 Å². The van der Waals surface area contributed by atoms with Gasteiger partial charge in [-0.15, -0.1) is 0 Å². The van der Waals surface area contributed by atoms with Gasteiger partial charge in [-0.25, -0.2) is 5.84 Å². The average molecular weight is 443 g/mol. The van der Waals surface area contributed by atoms with E-state index < -0.39 is 18.1 Å². The summed E-state index contributed by atoms with van der Waals surface area (Å²) in [5, 5.41) is 22.8. The van der Waals surface area contributed by atoms with Crippen LogP contribution < -0.4 is 16.2 Å². The highest BCUT2D eigenvalue weighted by atomic mass is 16.3. The molecular formula is C22H30N6O4. The van der Waals surface area contributed by atoms with Crippen LogP contribution in [0.3, 0.4) is 0 Å². The van der Waals surface area contributed by atoms with Gasteiger partial charge in [-0.1, -0.05) is 18.2 Å². The highest BCUT2D eigenvalue weighted by Crippen LogP contribution is 2.19. The lowest BCUT2D eigenvalue weighted by Crippen LogP contribution is -2.41. The number of aromatic nitrogens is 2. The van der Waals surface area contributed by atoms with Crippen molar-refractivity contribution >= 4 is 18.0 Å². The number of benzene rings is 1. The molecule has 32 heavy (non-hydrogen) atoms. The number of nitrogens with zero attached hydrogens (tertiary/aromatic N) is 4. The first-order valence-corrected chi connectivity index (χ1v) is 10.2. The third-order valence-corrected chi connectivity index (χ3v) is 4.88. The van der Waals surface area contributed by atoms with E-state index in [1.807, 2.05) is 44.2 Å². The third-order valence-electron chi connectivity index (χ3n) is 4.88. The Kier molecular flexibility index (Phi) is 9.26. The van der Waals surface area contributed by atoms with E-state index in [-0.39, 0.29) is 6.04 Å². The van der Waals surface area contributed by atoms with Gasteiger partial charge in [-0.05, 0) is 38.5 Å². The van der Waals surface area contributed by atoms with Crippen LogP contribution in [0.4, 0.5) is 5.69 Å². The third kappa shape index (κ3) is 6.58. The number of carbonyl (C=O) groups is 2. The van der Waals surface area contributed by atoms with Gasteiger partial charge in [0.2, 0.25) is 6.41 Å². The second kappa shape index (κ2) is 11.9. The fourth-order valence-electron chi connectivity index (χ4n) is 3.01. The molecule has 1 aromatic carbocycles. The number of aliphatic hydroxyl groups is 2. The first-order chi connectivity index (χ1) is 15.3. The number of rotatable bonds is 7. The van der Waals surface area contributed by atoms with Crippen molar-refractivity contribution in [3.63, 3.8) is 0 Å². The molecule has 2 aromatic rings. The average Bonchev–Trinajstić information content (AvgIpc) is 3.23. The highest BCUT2D eigenvalue weighted by Gasteiger charge is 2.31. The van der Waals surface area contributed by atoms with Crippen LogP contribution in [0.15, 0.2) is 48.9 Å². The van der Waals surface area contributed by atoms with Crippen molar-refractivity contribution in [1.29, 1.82) is 0 Å². The van der Waals surface area contributed by atoms with Crippen molar-refractivity contribution in [3.05, 3.63) is 65.9 Å². The van der Waals surface area contributed by atoms with Crippen molar-refractivity contribution in [2.75, 3.05) is 5.01 Å². The number of hydrogen-bond donors (Lipinski definition) is 4. The van der Waals surface area contributed by atoms with Gasteiger partial charge in [-0.2, -0.15) is 0 Å². The van der Waals surface area contributed by atoms with Crippen LogP contribution in [0.2, 0.25) is 0 Å². The summed E-state index contributed by atoms with van der Waals surface area (Å²) in [6.45, 7) is 5.89. The molecule has 0 saturated carbocycles. The lowest BCUT2D eigenvalue weighted by Gasteiger charge is -2.20. The summed E-state index contributed by atoms with van der Waals surface area (Å²) in [5.41, 5.74) is 3.44. The summed E-state index contributed by atoms with van der Waals surface area (Å²) in [6.07, 6.45) is 5.03. The molecule has 0 radical (unpaired) electrons. The molecule has 0 aliphatic carbocycles. The topological polar surface area (TPSA) is 145 Å². The van der Waals surface area contributed by atoms with Crippen molar-refractivity contribution in [1.82, 2.24) is 20.2 Å². The molecule has 0 saturated heterocycles. The van der Waals surface area contributed by atoms with Crippen LogP contribution in [0.5, 0.6) is 0 Å². The maximum absolute atomic E-state index is 11.7. The molecule has 5 N–H and O–H groups in total. The summed E-state index contributed by atoms with van der Waals surface area (Å²) < 4.78 is 0. The van der Waals surface area contributed by atoms with Crippen LogP contribution in [-0.4, -0.2) is 49.6 Å². The van der Waals surface area contributed by atoms with Gasteiger partial charge in [0.1, 0.15) is 0 Å². The Hall–Kier alpha value is -3.34. The summed E-state index contributed by atoms with van der Waals surface area (Å²) in [6, 6.07) is 7.73. The zero-order chi connectivity index (χ0) is 23.7. The van der Waals surface area contributed by atoms with Crippen molar-refractivity contribution in [3.8, 4) is 0 Å². The van der Waals surface area contributed by atoms with E-state index >= 15 is 0 Å². The lowest BCUT2D eigenvalue weighted by molar-refractivity contribution is -0.146. The molecule has 1 aliphatic rings. The second-order valence-corrected chi connectivity index (χ2v) is 7.32. The molecule has 0 spiro atoms. The Balaban J connectivity index is 0.000000227. The van der Waals surface area contributed by atoms with E-state index in [4.69, 9.17) is 10.9 Å². The fraction of sp³-hybridized carbons (Fsp3) is 0.364. The van der Waals surface area contributed by atoms with Crippen LogP contribution in [-0.2, 0) is 22.7 Å². The number of nitrogens with two attached hydrogens (primary N) is 1. The Morgan fingerprint density at radius 1 is 1.16 bits per heavy atom. The Morgan fingerprint density at radius 2 is 1.72 bits per heavy atom. The maximum atomic E-state index is 11.7. The van der Waals surface area contributed by atoms with Crippen molar-refractivity contribution in [2.45, 2.75) is 52.1 Å². The number of amides is 2. The number of allylic oxidation sites excluding steroid dienone is 1. The zero-order valence-corrected chi connectivity index (χ0v) is 18.4. The molecule has 3 rings (SSSR count). The van der Waals surface area contributed by atoms with Crippen molar-refractivity contribution < 1.29 is 19.8 Å². The van der Waals surface area contributed by atoms with Gasteiger partial charge in [0.25, 0.3) is 5.91 Å². The Morgan fingerprint density at radius 3 is 2.19 bits per heavy atom. The molecule has 10 heteroatoms. The highest BCUT2D eigenvalue weighted by molar-refractivity contribution is 5.81. The standard InChI is InChI=1S/C12H17N3O.C10H13N3O3/c1-3-8-15(13)12-6-4-11(5-7-12)10(2)14-9-16;1-6(14)9(15)10(16)13-4-7-8(5-13)12-3-2-11-7/h3-10H,13H2,1-2H3,(H,14,16);2-3,6,9,14-15H,4-5H2,1H3/b8-3-;/t10-;6?,9-/m11/s1. The van der Waals surface area contributed by atoms with Gasteiger partial charge >= 0.3 is 0 Å². The number of aliphatic hydroxyl groups excluding tert-OH is 2. The number of nitrogens with one attached hydrogen (secondary N) is 1.